The van der Waals surface area contributed by atoms with E-state index in [0.29, 0.717) is 63.0 Å². The van der Waals surface area contributed by atoms with E-state index >= 15 is 0 Å². The van der Waals surface area contributed by atoms with Crippen LogP contribution < -0.4 is 30.3 Å². The van der Waals surface area contributed by atoms with Gasteiger partial charge in [0.2, 0.25) is 0 Å². The number of hydrogen-bond donors (Lipinski definition) is 3. The van der Waals surface area contributed by atoms with E-state index in [9.17, 15) is 9.59 Å². The summed E-state index contributed by atoms with van der Waals surface area (Å²) in [7, 11) is 0. The highest BCUT2D eigenvalue weighted by molar-refractivity contribution is 7.80. The summed E-state index contributed by atoms with van der Waals surface area (Å²) in [6.45, 7) is 7.96. The molecular weight excluding hydrogens is 544 g/mol. The van der Waals surface area contributed by atoms with Gasteiger partial charge in [0.25, 0.3) is 5.91 Å². The van der Waals surface area contributed by atoms with E-state index in [1.54, 1.807) is 50.2 Å². The molecule has 0 unspecified atom stereocenters. The summed E-state index contributed by atoms with van der Waals surface area (Å²) in [4.78, 5) is 25.2. The fraction of sp³-hybridized carbons (Fsp3) is 0.333. The van der Waals surface area contributed by atoms with Gasteiger partial charge in [0.05, 0.1) is 42.7 Å². The molecule has 3 rings (SSSR count). The summed E-state index contributed by atoms with van der Waals surface area (Å²) in [6.07, 6.45) is 1.44. The van der Waals surface area contributed by atoms with E-state index in [2.05, 4.69) is 21.2 Å². The molecule has 0 radical (unpaired) electrons. The molecule has 3 N–H and O–H groups in total. The van der Waals surface area contributed by atoms with Crippen molar-refractivity contribution in [2.45, 2.75) is 33.7 Å². The highest BCUT2D eigenvalue weighted by Crippen LogP contribution is 2.36. The SMILES string of the molecule is CCOC(=O)C1=C(C)NC(=S)N[C@H]1c1ccccc1OCC(=O)NN=Cc1cc(Cl)c(OCC)c(OCC)c1. The summed E-state index contributed by atoms with van der Waals surface area (Å²) in [5, 5.41) is 10.8. The van der Waals surface area contributed by atoms with E-state index in [1.165, 1.54) is 6.21 Å². The first kappa shape index (κ1) is 29.7. The Kier molecular flexibility index (Phi) is 10.9. The average molecular weight is 575 g/mol. The molecule has 0 saturated carbocycles. The molecule has 2 aromatic rings. The quantitative estimate of drug-likeness (QED) is 0.149. The first-order chi connectivity index (χ1) is 18.8. The van der Waals surface area contributed by atoms with Crippen LogP contribution in [0, 0.1) is 0 Å². The van der Waals surface area contributed by atoms with Gasteiger partial charge in [-0.1, -0.05) is 29.8 Å². The number of benzene rings is 2. The van der Waals surface area contributed by atoms with Crippen LogP contribution in [0.3, 0.4) is 0 Å². The third-order valence-electron chi connectivity index (χ3n) is 5.38. The maximum Gasteiger partial charge on any atom is 0.338 e. The van der Waals surface area contributed by atoms with E-state index < -0.39 is 17.9 Å². The van der Waals surface area contributed by atoms with Crippen molar-refractivity contribution in [3.05, 3.63) is 63.8 Å². The minimum atomic E-state index is -0.626. The number of amides is 1. The van der Waals surface area contributed by atoms with Gasteiger partial charge in [-0.15, -0.1) is 0 Å². The van der Waals surface area contributed by atoms with E-state index in [-0.39, 0.29) is 13.2 Å². The molecule has 0 aliphatic carbocycles. The van der Waals surface area contributed by atoms with E-state index in [4.69, 9.17) is 42.8 Å². The lowest BCUT2D eigenvalue weighted by Gasteiger charge is -2.30. The van der Waals surface area contributed by atoms with Crippen LogP contribution in [-0.4, -0.2) is 49.6 Å². The molecule has 39 heavy (non-hydrogen) atoms. The molecule has 0 saturated heterocycles. The molecular formula is C27H31ClN4O6S. The number of para-hydroxylation sites is 1. The molecule has 208 valence electrons. The number of esters is 1. The molecule has 1 aliphatic rings. The molecule has 0 spiro atoms. The zero-order valence-corrected chi connectivity index (χ0v) is 23.7. The first-order valence-corrected chi connectivity index (χ1v) is 13.2. The maximum absolute atomic E-state index is 12.7. The molecule has 0 bridgehead atoms. The molecule has 1 atom stereocenters. The average Bonchev–Trinajstić information content (AvgIpc) is 2.89. The van der Waals surface area contributed by atoms with Crippen LogP contribution in [-0.2, 0) is 14.3 Å². The summed E-state index contributed by atoms with van der Waals surface area (Å²) in [5.74, 6) is 0.361. The first-order valence-electron chi connectivity index (χ1n) is 12.4. The number of nitrogens with one attached hydrogen (secondary N) is 3. The Balaban J connectivity index is 1.70. The van der Waals surface area contributed by atoms with Gasteiger partial charge in [0.1, 0.15) is 5.75 Å². The second-order valence-corrected chi connectivity index (χ2v) is 8.92. The fourth-order valence-electron chi connectivity index (χ4n) is 3.82. The minimum absolute atomic E-state index is 0.224. The number of carbonyl (C=O) groups is 2. The topological polar surface area (TPSA) is 120 Å². The maximum atomic E-state index is 12.7. The Morgan fingerprint density at radius 2 is 1.82 bits per heavy atom. The fourth-order valence-corrected chi connectivity index (χ4v) is 4.37. The monoisotopic (exact) mass is 574 g/mol. The van der Waals surface area contributed by atoms with Crippen molar-refractivity contribution in [1.29, 1.82) is 0 Å². The number of allylic oxidation sites excluding steroid dienone is 1. The number of thiocarbonyl (C=S) groups is 1. The number of ether oxygens (including phenoxy) is 4. The number of hydrogen-bond acceptors (Lipinski definition) is 8. The second-order valence-electron chi connectivity index (χ2n) is 8.11. The standard InChI is InChI=1S/C27H31ClN4O6S/c1-5-35-21-13-17(12-19(28)25(21)36-6-2)14-29-32-22(33)15-38-20-11-9-8-10-18(20)24-23(26(34)37-7-3)16(4)30-27(39)31-24/h8-14,24H,5-7,15H2,1-4H3,(H,32,33)(H2,30,31,39)/t24-/m0/s1. The van der Waals surface area contributed by atoms with Crippen LogP contribution in [0.5, 0.6) is 17.2 Å². The molecule has 1 aliphatic heterocycles. The van der Waals surface area contributed by atoms with E-state index in [1.807, 2.05) is 13.8 Å². The zero-order valence-electron chi connectivity index (χ0n) is 22.1. The molecule has 10 nitrogen and oxygen atoms in total. The van der Waals surface area contributed by atoms with Crippen LogP contribution in [0.15, 0.2) is 52.8 Å². The lowest BCUT2D eigenvalue weighted by molar-refractivity contribution is -0.139. The number of halogens is 1. The van der Waals surface area contributed by atoms with Crippen LogP contribution in [0.4, 0.5) is 0 Å². The van der Waals surface area contributed by atoms with Gasteiger partial charge in [0, 0.05) is 11.3 Å². The lowest BCUT2D eigenvalue weighted by atomic mass is 9.95. The van der Waals surface area contributed by atoms with Gasteiger partial charge in [-0.05, 0) is 63.7 Å². The van der Waals surface area contributed by atoms with Crippen molar-refractivity contribution in [3.63, 3.8) is 0 Å². The smallest absolute Gasteiger partial charge is 0.338 e. The van der Waals surface area contributed by atoms with Gasteiger partial charge in [0.15, 0.2) is 23.2 Å². The molecule has 12 heteroatoms. The van der Waals surface area contributed by atoms with E-state index in [0.717, 1.165) is 0 Å². The third kappa shape index (κ3) is 7.84. The number of carbonyl (C=O) groups excluding carboxylic acids is 2. The predicted molar refractivity (Wildman–Crippen MR) is 152 cm³/mol. The molecule has 0 aromatic heterocycles. The van der Waals surface area contributed by atoms with Crippen LogP contribution >= 0.6 is 23.8 Å². The Bertz CT molecular complexity index is 1280. The largest absolute Gasteiger partial charge is 0.490 e. The Hall–Kier alpha value is -3.83. The molecule has 0 fully saturated rings. The Morgan fingerprint density at radius 3 is 2.54 bits per heavy atom. The Morgan fingerprint density at radius 1 is 1.08 bits per heavy atom. The van der Waals surface area contributed by atoms with Crippen molar-refractivity contribution >= 4 is 47.0 Å². The summed E-state index contributed by atoms with van der Waals surface area (Å²) >= 11 is 11.6. The van der Waals surface area contributed by atoms with Crippen LogP contribution in [0.2, 0.25) is 5.02 Å². The van der Waals surface area contributed by atoms with Gasteiger partial charge >= 0.3 is 5.97 Å². The van der Waals surface area contributed by atoms with Crippen molar-refractivity contribution < 1.29 is 28.5 Å². The highest BCUT2D eigenvalue weighted by Gasteiger charge is 2.32. The summed E-state index contributed by atoms with van der Waals surface area (Å²) < 4.78 is 22.2. The second kappa shape index (κ2) is 14.4. The van der Waals surface area contributed by atoms with Crippen molar-refractivity contribution in [1.82, 2.24) is 16.1 Å². The van der Waals surface area contributed by atoms with Gasteiger partial charge in [-0.25, -0.2) is 10.2 Å². The normalized spacial score (nSPS) is 14.9. The van der Waals surface area contributed by atoms with Crippen molar-refractivity contribution in [2.75, 3.05) is 26.4 Å². The number of rotatable bonds is 12. The minimum Gasteiger partial charge on any atom is -0.490 e. The predicted octanol–water partition coefficient (Wildman–Crippen LogP) is 4.02. The number of nitrogens with zero attached hydrogens (tertiary/aromatic N) is 1. The summed E-state index contributed by atoms with van der Waals surface area (Å²) in [5.41, 5.74) is 4.60. The summed E-state index contributed by atoms with van der Waals surface area (Å²) in [6, 6.07) is 9.80. The lowest BCUT2D eigenvalue weighted by Crippen LogP contribution is -2.45. The van der Waals surface area contributed by atoms with Crippen molar-refractivity contribution in [2.24, 2.45) is 5.10 Å². The molecule has 1 heterocycles. The van der Waals surface area contributed by atoms with Crippen LogP contribution in [0.25, 0.3) is 0 Å². The van der Waals surface area contributed by atoms with Crippen LogP contribution in [0.1, 0.15) is 44.9 Å². The third-order valence-corrected chi connectivity index (χ3v) is 5.88. The van der Waals surface area contributed by atoms with Gasteiger partial charge in [-0.2, -0.15) is 5.10 Å². The zero-order chi connectivity index (χ0) is 28.4. The molecule has 1 amide bonds. The Labute approximate surface area is 237 Å². The highest BCUT2D eigenvalue weighted by atomic mass is 35.5. The van der Waals surface area contributed by atoms with Gasteiger partial charge < -0.3 is 29.6 Å². The number of hydrazone groups is 1. The van der Waals surface area contributed by atoms with Gasteiger partial charge in [-0.3, -0.25) is 4.79 Å². The molecule has 2 aromatic carbocycles. The van der Waals surface area contributed by atoms with Crippen molar-refractivity contribution in [3.8, 4) is 17.2 Å².